The number of nitrogens with two attached hydrogens (primary N) is 1. The largest absolute Gasteiger partial charge is 0.480 e. The van der Waals surface area contributed by atoms with Gasteiger partial charge in [-0.15, -0.1) is 0 Å². The third-order valence-electron chi connectivity index (χ3n) is 4.41. The molecular weight excluding hydrogens is 216 g/mol. The smallest absolute Gasteiger partial charge is 0.320 e. The van der Waals surface area contributed by atoms with E-state index in [0.29, 0.717) is 19.0 Å². The van der Waals surface area contributed by atoms with Crippen molar-refractivity contribution in [3.05, 3.63) is 0 Å². The lowest BCUT2D eigenvalue weighted by molar-refractivity contribution is -0.146. The predicted octanol–water partition coefficient (Wildman–Crippen LogP) is 1.44. The molecule has 0 radical (unpaired) electrons. The second-order valence-corrected chi connectivity index (χ2v) is 5.42. The zero-order valence-corrected chi connectivity index (χ0v) is 10.5. The molecule has 3 N–H and O–H groups in total. The zero-order chi connectivity index (χ0) is 12.3. The van der Waals surface area contributed by atoms with Gasteiger partial charge in [0, 0.05) is 6.04 Å². The van der Waals surface area contributed by atoms with Gasteiger partial charge in [0.1, 0.15) is 6.04 Å². The van der Waals surface area contributed by atoms with Crippen LogP contribution in [0.25, 0.3) is 0 Å². The Balaban J connectivity index is 2.08. The molecule has 1 aliphatic carbocycles. The number of carboxylic acids is 1. The summed E-state index contributed by atoms with van der Waals surface area (Å²) < 4.78 is 0. The van der Waals surface area contributed by atoms with Crippen LogP contribution in [0.3, 0.4) is 0 Å². The van der Waals surface area contributed by atoms with Gasteiger partial charge in [0.05, 0.1) is 0 Å². The third kappa shape index (κ3) is 2.80. The van der Waals surface area contributed by atoms with Gasteiger partial charge < -0.3 is 10.8 Å². The van der Waals surface area contributed by atoms with Gasteiger partial charge in [-0.1, -0.05) is 12.8 Å². The fraction of sp³-hybridized carbons (Fsp3) is 0.923. The molecule has 0 aromatic heterocycles. The van der Waals surface area contributed by atoms with Gasteiger partial charge in [0.2, 0.25) is 0 Å². The average Bonchev–Trinajstić information content (AvgIpc) is 2.35. The van der Waals surface area contributed by atoms with E-state index >= 15 is 0 Å². The molecular formula is C13H24N2O2. The van der Waals surface area contributed by atoms with E-state index in [1.54, 1.807) is 0 Å². The topological polar surface area (TPSA) is 66.6 Å². The second-order valence-electron chi connectivity index (χ2n) is 5.42. The summed E-state index contributed by atoms with van der Waals surface area (Å²) in [7, 11) is 0. The van der Waals surface area contributed by atoms with Crippen LogP contribution < -0.4 is 5.73 Å². The minimum absolute atomic E-state index is 0.356. The van der Waals surface area contributed by atoms with Crippen LogP contribution in [-0.2, 0) is 4.79 Å². The molecule has 17 heavy (non-hydrogen) atoms. The van der Waals surface area contributed by atoms with E-state index < -0.39 is 5.97 Å². The molecule has 4 nitrogen and oxygen atoms in total. The van der Waals surface area contributed by atoms with Crippen LogP contribution in [0.15, 0.2) is 0 Å². The van der Waals surface area contributed by atoms with Crippen LogP contribution in [0.4, 0.5) is 0 Å². The first-order valence-electron chi connectivity index (χ1n) is 6.92. The summed E-state index contributed by atoms with van der Waals surface area (Å²) in [6, 6.07) is 0.149. The SMILES string of the molecule is NCCC(C(=O)O)N1CCCC2CCCCC21. The molecule has 2 aliphatic rings. The number of piperidine rings is 1. The fourth-order valence-corrected chi connectivity index (χ4v) is 3.64. The van der Waals surface area contributed by atoms with Gasteiger partial charge >= 0.3 is 5.97 Å². The number of hydrogen-bond donors (Lipinski definition) is 2. The molecule has 3 unspecified atom stereocenters. The summed E-state index contributed by atoms with van der Waals surface area (Å²) in [5.41, 5.74) is 5.55. The van der Waals surface area contributed by atoms with Crippen LogP contribution in [0.5, 0.6) is 0 Å². The predicted molar refractivity (Wildman–Crippen MR) is 66.8 cm³/mol. The highest BCUT2D eigenvalue weighted by Crippen LogP contribution is 2.36. The summed E-state index contributed by atoms with van der Waals surface area (Å²) >= 11 is 0. The lowest BCUT2D eigenvalue weighted by Gasteiger charge is -2.46. The molecule has 98 valence electrons. The quantitative estimate of drug-likeness (QED) is 0.780. The van der Waals surface area contributed by atoms with Gasteiger partial charge in [-0.3, -0.25) is 9.69 Å². The number of fused-ring (bicyclic) bond motifs is 1. The molecule has 1 aliphatic heterocycles. The Labute approximate surface area is 103 Å². The molecule has 1 heterocycles. The maximum atomic E-state index is 11.4. The van der Waals surface area contributed by atoms with E-state index in [-0.39, 0.29) is 6.04 Å². The number of aliphatic carboxylic acids is 1. The van der Waals surface area contributed by atoms with E-state index in [1.807, 2.05) is 0 Å². The van der Waals surface area contributed by atoms with Crippen LogP contribution >= 0.6 is 0 Å². The molecule has 4 heteroatoms. The van der Waals surface area contributed by atoms with E-state index in [2.05, 4.69) is 4.90 Å². The molecule has 0 aromatic carbocycles. The van der Waals surface area contributed by atoms with Crippen molar-refractivity contribution < 1.29 is 9.90 Å². The summed E-state index contributed by atoms with van der Waals surface area (Å²) in [5.74, 6) is 0.0406. The van der Waals surface area contributed by atoms with Crippen LogP contribution in [-0.4, -0.2) is 41.1 Å². The number of rotatable bonds is 4. The van der Waals surface area contributed by atoms with Gasteiger partial charge in [0.15, 0.2) is 0 Å². The first-order valence-corrected chi connectivity index (χ1v) is 6.92. The van der Waals surface area contributed by atoms with Crippen LogP contribution in [0.1, 0.15) is 44.9 Å². The van der Waals surface area contributed by atoms with E-state index in [0.717, 1.165) is 18.9 Å². The lowest BCUT2D eigenvalue weighted by Crippen LogP contribution is -2.54. The molecule has 0 bridgehead atoms. The van der Waals surface area contributed by atoms with E-state index in [1.165, 1.54) is 32.1 Å². The third-order valence-corrected chi connectivity index (χ3v) is 4.41. The van der Waals surface area contributed by atoms with Crippen LogP contribution in [0.2, 0.25) is 0 Å². The minimum Gasteiger partial charge on any atom is -0.480 e. The molecule has 1 saturated heterocycles. The molecule has 0 spiro atoms. The number of hydrogen-bond acceptors (Lipinski definition) is 3. The number of carbonyl (C=O) groups is 1. The Bertz CT molecular complexity index is 268. The Morgan fingerprint density at radius 2 is 2.00 bits per heavy atom. The highest BCUT2D eigenvalue weighted by molar-refractivity contribution is 5.73. The molecule has 0 aromatic rings. The lowest BCUT2D eigenvalue weighted by atomic mass is 9.77. The maximum absolute atomic E-state index is 11.4. The van der Waals surface area contributed by atoms with Gasteiger partial charge in [-0.2, -0.15) is 0 Å². The summed E-state index contributed by atoms with van der Waals surface area (Å²) in [4.78, 5) is 13.6. The monoisotopic (exact) mass is 240 g/mol. The number of likely N-dealkylation sites (tertiary alicyclic amines) is 1. The molecule has 0 amide bonds. The average molecular weight is 240 g/mol. The van der Waals surface area contributed by atoms with Crippen molar-refractivity contribution in [3.63, 3.8) is 0 Å². The van der Waals surface area contributed by atoms with Crippen molar-refractivity contribution in [1.29, 1.82) is 0 Å². The summed E-state index contributed by atoms with van der Waals surface area (Å²) in [6.45, 7) is 1.41. The van der Waals surface area contributed by atoms with E-state index in [9.17, 15) is 9.90 Å². The van der Waals surface area contributed by atoms with Crippen molar-refractivity contribution in [3.8, 4) is 0 Å². The zero-order valence-electron chi connectivity index (χ0n) is 10.5. The molecule has 2 fully saturated rings. The first kappa shape index (κ1) is 12.8. The Kier molecular flexibility index (Phi) is 4.40. The Morgan fingerprint density at radius 1 is 1.29 bits per heavy atom. The molecule has 3 atom stereocenters. The van der Waals surface area contributed by atoms with Crippen molar-refractivity contribution in [1.82, 2.24) is 4.90 Å². The van der Waals surface area contributed by atoms with Crippen LogP contribution in [0, 0.1) is 5.92 Å². The number of carboxylic acid groups (broad SMARTS) is 1. The van der Waals surface area contributed by atoms with Gasteiger partial charge in [-0.25, -0.2) is 0 Å². The standard InChI is InChI=1S/C13H24N2O2/c14-8-7-12(13(16)17)15-9-3-5-10-4-1-2-6-11(10)15/h10-12H,1-9,14H2,(H,16,17). The molecule has 1 saturated carbocycles. The van der Waals surface area contributed by atoms with Gasteiger partial charge in [-0.05, 0) is 51.1 Å². The van der Waals surface area contributed by atoms with Crippen molar-refractivity contribution in [2.45, 2.75) is 57.0 Å². The highest BCUT2D eigenvalue weighted by atomic mass is 16.4. The Hall–Kier alpha value is -0.610. The Morgan fingerprint density at radius 3 is 2.71 bits per heavy atom. The van der Waals surface area contributed by atoms with E-state index in [4.69, 9.17) is 5.73 Å². The number of nitrogens with zero attached hydrogens (tertiary/aromatic N) is 1. The normalized spacial score (nSPS) is 31.8. The first-order chi connectivity index (χ1) is 8.24. The van der Waals surface area contributed by atoms with Crippen molar-refractivity contribution in [2.24, 2.45) is 11.7 Å². The van der Waals surface area contributed by atoms with Gasteiger partial charge in [0.25, 0.3) is 0 Å². The second kappa shape index (κ2) is 5.83. The molecule has 2 rings (SSSR count). The summed E-state index contributed by atoms with van der Waals surface area (Å²) in [5, 5.41) is 9.35. The van der Waals surface area contributed by atoms with Crippen molar-refractivity contribution >= 4 is 5.97 Å². The van der Waals surface area contributed by atoms with Crippen molar-refractivity contribution in [2.75, 3.05) is 13.1 Å². The highest BCUT2D eigenvalue weighted by Gasteiger charge is 2.38. The maximum Gasteiger partial charge on any atom is 0.320 e. The summed E-state index contributed by atoms with van der Waals surface area (Å²) in [6.07, 6.45) is 8.07. The minimum atomic E-state index is -0.693. The fourth-order valence-electron chi connectivity index (χ4n) is 3.64.